The number of hydrogen-bond acceptors (Lipinski definition) is 5. The van der Waals surface area contributed by atoms with Crippen LogP contribution >= 0.6 is 31.9 Å². The lowest BCUT2D eigenvalue weighted by Crippen LogP contribution is -2.32. The molecule has 0 unspecified atom stereocenters. The largest absolute Gasteiger partial charge is 0.503 e. The van der Waals surface area contributed by atoms with Gasteiger partial charge in [-0.05, 0) is 62.4 Å². The summed E-state index contributed by atoms with van der Waals surface area (Å²) >= 11 is 6.57. The molecule has 0 spiro atoms. The van der Waals surface area contributed by atoms with Crippen LogP contribution in [0.2, 0.25) is 0 Å². The minimum Gasteiger partial charge on any atom is -0.503 e. The third kappa shape index (κ3) is 4.29. The number of phenolic OH excluding ortho intramolecular Hbond substituents is 1. The van der Waals surface area contributed by atoms with Gasteiger partial charge in [0.15, 0.2) is 11.5 Å². The van der Waals surface area contributed by atoms with Crippen molar-refractivity contribution in [1.29, 1.82) is 5.26 Å². The first-order valence-corrected chi connectivity index (χ1v) is 8.83. The molecule has 1 aliphatic heterocycles. The van der Waals surface area contributed by atoms with Crippen molar-refractivity contribution in [2.45, 2.75) is 18.9 Å². The molecule has 1 aromatic carbocycles. The van der Waals surface area contributed by atoms with Gasteiger partial charge in [-0.3, -0.25) is 4.79 Å². The van der Waals surface area contributed by atoms with Gasteiger partial charge in [-0.1, -0.05) is 0 Å². The Morgan fingerprint density at radius 2 is 2.33 bits per heavy atom. The molecule has 1 saturated heterocycles. The van der Waals surface area contributed by atoms with Crippen molar-refractivity contribution < 1.29 is 19.4 Å². The van der Waals surface area contributed by atoms with E-state index in [1.807, 2.05) is 6.07 Å². The van der Waals surface area contributed by atoms with Crippen LogP contribution in [-0.2, 0) is 9.53 Å². The molecule has 0 aromatic heterocycles. The van der Waals surface area contributed by atoms with Crippen LogP contribution in [0.1, 0.15) is 18.4 Å². The van der Waals surface area contributed by atoms with E-state index in [1.54, 1.807) is 0 Å². The number of carbonyl (C=O) groups is 1. The molecule has 0 aliphatic carbocycles. The molecule has 1 aromatic rings. The van der Waals surface area contributed by atoms with Gasteiger partial charge in [0.2, 0.25) is 0 Å². The first-order valence-electron chi connectivity index (χ1n) is 7.24. The van der Waals surface area contributed by atoms with E-state index in [4.69, 9.17) is 9.47 Å². The van der Waals surface area contributed by atoms with Gasteiger partial charge < -0.3 is 19.9 Å². The first kappa shape index (κ1) is 18.8. The predicted molar refractivity (Wildman–Crippen MR) is 95.6 cm³/mol. The van der Waals surface area contributed by atoms with Gasteiger partial charge in [0, 0.05) is 17.6 Å². The van der Waals surface area contributed by atoms with Crippen LogP contribution in [0, 0.1) is 11.3 Å². The Balaban J connectivity index is 2.21. The molecule has 128 valence electrons. The minimum atomic E-state index is -0.469. The summed E-state index contributed by atoms with van der Waals surface area (Å²) in [7, 11) is 1.42. The Morgan fingerprint density at radius 3 is 2.92 bits per heavy atom. The predicted octanol–water partition coefficient (Wildman–Crippen LogP) is 3.13. The fraction of sp³-hybridized carbons (Fsp3) is 0.375. The van der Waals surface area contributed by atoms with E-state index in [0.717, 1.165) is 12.8 Å². The number of aromatic hydroxyl groups is 1. The van der Waals surface area contributed by atoms with Crippen molar-refractivity contribution in [1.82, 2.24) is 5.32 Å². The molecule has 0 saturated carbocycles. The zero-order valence-electron chi connectivity index (χ0n) is 12.9. The second kappa shape index (κ2) is 8.51. The lowest BCUT2D eigenvalue weighted by Gasteiger charge is -2.11. The molecule has 0 bridgehead atoms. The number of hydrogen-bond donors (Lipinski definition) is 2. The van der Waals surface area contributed by atoms with Crippen LogP contribution in [0.5, 0.6) is 11.5 Å². The highest BCUT2D eigenvalue weighted by Gasteiger charge is 2.19. The van der Waals surface area contributed by atoms with Gasteiger partial charge >= 0.3 is 0 Å². The number of amides is 1. The van der Waals surface area contributed by atoms with E-state index in [-0.39, 0.29) is 23.2 Å². The molecule has 0 radical (unpaired) electrons. The van der Waals surface area contributed by atoms with Gasteiger partial charge in [-0.25, -0.2) is 0 Å². The van der Waals surface area contributed by atoms with E-state index in [2.05, 4.69) is 37.2 Å². The van der Waals surface area contributed by atoms with Crippen molar-refractivity contribution in [3.8, 4) is 17.6 Å². The molecule has 2 N–H and O–H groups in total. The second-order valence-electron chi connectivity index (χ2n) is 5.16. The zero-order valence-corrected chi connectivity index (χ0v) is 16.1. The maximum Gasteiger partial charge on any atom is 0.262 e. The summed E-state index contributed by atoms with van der Waals surface area (Å²) in [6.45, 7) is 1.08. The normalized spacial score (nSPS) is 17.4. The molecule has 6 nitrogen and oxygen atoms in total. The van der Waals surface area contributed by atoms with Crippen molar-refractivity contribution in [2.24, 2.45) is 0 Å². The molecule has 1 aliphatic rings. The average molecular weight is 460 g/mol. The number of phenols is 1. The number of halogens is 2. The SMILES string of the molecule is COc1cc(/C=C(\C#N)C(=O)NC[C@H]2CCCO2)c(Br)c(Br)c1O. The topological polar surface area (TPSA) is 91.6 Å². The van der Waals surface area contributed by atoms with E-state index in [9.17, 15) is 15.2 Å². The fourth-order valence-electron chi connectivity index (χ4n) is 2.28. The smallest absolute Gasteiger partial charge is 0.262 e. The Labute approximate surface area is 156 Å². The number of methoxy groups -OCH3 is 1. The van der Waals surface area contributed by atoms with E-state index >= 15 is 0 Å². The van der Waals surface area contributed by atoms with Crippen LogP contribution < -0.4 is 10.1 Å². The molecule has 1 fully saturated rings. The summed E-state index contributed by atoms with van der Waals surface area (Å²) in [5, 5.41) is 21.9. The quantitative estimate of drug-likeness (QED) is 0.521. The van der Waals surface area contributed by atoms with E-state index in [1.165, 1.54) is 19.3 Å². The molecule has 1 heterocycles. The number of carbonyl (C=O) groups excluding carboxylic acids is 1. The molecule has 24 heavy (non-hydrogen) atoms. The van der Waals surface area contributed by atoms with Gasteiger partial charge in [-0.2, -0.15) is 5.26 Å². The van der Waals surface area contributed by atoms with Crippen LogP contribution in [-0.4, -0.2) is 37.4 Å². The maximum absolute atomic E-state index is 12.2. The van der Waals surface area contributed by atoms with Crippen LogP contribution in [0.15, 0.2) is 20.6 Å². The molecule has 1 amide bonds. The Morgan fingerprint density at radius 1 is 1.58 bits per heavy atom. The Kier molecular flexibility index (Phi) is 6.66. The summed E-state index contributed by atoms with van der Waals surface area (Å²) < 4.78 is 11.4. The third-order valence-electron chi connectivity index (χ3n) is 3.57. The lowest BCUT2D eigenvalue weighted by molar-refractivity contribution is -0.117. The van der Waals surface area contributed by atoms with Gasteiger partial charge in [0.25, 0.3) is 5.91 Å². The zero-order chi connectivity index (χ0) is 17.7. The molecule has 2 rings (SSSR count). The van der Waals surface area contributed by atoms with Crippen molar-refractivity contribution in [3.05, 3.63) is 26.1 Å². The lowest BCUT2D eigenvalue weighted by atomic mass is 10.1. The first-order chi connectivity index (χ1) is 11.5. The Hall–Kier alpha value is -1.56. The standard InChI is InChI=1S/C16H16Br2N2O4/c1-23-12-6-9(13(17)14(18)15(12)21)5-10(7-19)16(22)20-8-11-3-2-4-24-11/h5-6,11,21H,2-4,8H2,1H3,(H,20,22)/b10-5+/t11-/m1/s1. The second-order valence-corrected chi connectivity index (χ2v) is 6.75. The molecule has 1 atom stereocenters. The summed E-state index contributed by atoms with van der Waals surface area (Å²) in [4.78, 5) is 12.2. The number of rotatable bonds is 5. The number of nitriles is 1. The van der Waals surface area contributed by atoms with Crippen LogP contribution in [0.4, 0.5) is 0 Å². The van der Waals surface area contributed by atoms with Crippen LogP contribution in [0.3, 0.4) is 0 Å². The van der Waals surface area contributed by atoms with Crippen LogP contribution in [0.25, 0.3) is 6.08 Å². The minimum absolute atomic E-state index is 0.00328. The van der Waals surface area contributed by atoms with Gasteiger partial charge in [-0.15, -0.1) is 0 Å². The summed E-state index contributed by atoms with van der Waals surface area (Å²) in [6.07, 6.45) is 3.32. The highest BCUT2D eigenvalue weighted by Crippen LogP contribution is 2.42. The monoisotopic (exact) mass is 458 g/mol. The number of benzene rings is 1. The Bertz CT molecular complexity index is 707. The van der Waals surface area contributed by atoms with Crippen molar-refractivity contribution in [3.63, 3.8) is 0 Å². The molecule has 8 heteroatoms. The molecular weight excluding hydrogens is 444 g/mol. The van der Waals surface area contributed by atoms with E-state index < -0.39 is 5.91 Å². The van der Waals surface area contributed by atoms with E-state index in [0.29, 0.717) is 27.7 Å². The average Bonchev–Trinajstić information content (AvgIpc) is 3.10. The van der Waals surface area contributed by atoms with Gasteiger partial charge in [0.1, 0.15) is 11.6 Å². The summed E-state index contributed by atoms with van der Waals surface area (Å²) in [5.41, 5.74) is 0.480. The summed E-state index contributed by atoms with van der Waals surface area (Å²) in [5.74, 6) is -0.306. The highest BCUT2D eigenvalue weighted by molar-refractivity contribution is 9.13. The summed E-state index contributed by atoms with van der Waals surface area (Å²) in [6, 6.07) is 3.43. The maximum atomic E-state index is 12.2. The number of ether oxygens (including phenoxy) is 2. The van der Waals surface area contributed by atoms with Crippen molar-refractivity contribution >= 4 is 43.8 Å². The number of nitrogens with zero attached hydrogens (tertiary/aromatic N) is 1. The van der Waals surface area contributed by atoms with Gasteiger partial charge in [0.05, 0.1) is 17.7 Å². The highest BCUT2D eigenvalue weighted by atomic mass is 79.9. The molecular formula is C16H16Br2N2O4. The number of nitrogens with one attached hydrogen (secondary N) is 1. The third-order valence-corrected chi connectivity index (χ3v) is 5.73. The fourth-order valence-corrected chi connectivity index (χ4v) is 3.12. The van der Waals surface area contributed by atoms with Crippen molar-refractivity contribution in [2.75, 3.05) is 20.3 Å².